The Hall–Kier alpha value is -2.75. The van der Waals surface area contributed by atoms with E-state index >= 15 is 0 Å². The number of thioether (sulfide) groups is 1. The predicted octanol–water partition coefficient (Wildman–Crippen LogP) is 2.96. The van der Waals surface area contributed by atoms with Crippen LogP contribution in [0.3, 0.4) is 0 Å². The highest BCUT2D eigenvalue weighted by atomic mass is 32.2. The number of anilines is 1. The molecule has 2 heterocycles. The molecule has 9 heteroatoms. The molecule has 178 valence electrons. The van der Waals surface area contributed by atoms with Crippen LogP contribution in [-0.4, -0.2) is 72.5 Å². The fourth-order valence-corrected chi connectivity index (χ4v) is 4.33. The minimum atomic E-state index is -0.0285. The van der Waals surface area contributed by atoms with Crippen molar-refractivity contribution in [1.29, 1.82) is 0 Å². The average molecular weight is 472 g/mol. The second kappa shape index (κ2) is 12.5. The van der Waals surface area contributed by atoms with Crippen LogP contribution in [0, 0.1) is 0 Å². The number of aromatic amines is 1. The lowest BCUT2D eigenvalue weighted by Crippen LogP contribution is -2.41. The van der Waals surface area contributed by atoms with E-state index in [1.54, 1.807) is 28.9 Å². The first-order valence-electron chi connectivity index (χ1n) is 11.2. The zero-order valence-electron chi connectivity index (χ0n) is 19.3. The molecule has 0 aliphatic carbocycles. The highest BCUT2D eigenvalue weighted by Crippen LogP contribution is 2.21. The molecule has 3 rings (SSSR count). The number of nitrogens with one attached hydrogen (secondary N) is 2. The predicted molar refractivity (Wildman–Crippen MR) is 134 cm³/mol. The fourth-order valence-electron chi connectivity index (χ4n) is 3.56. The van der Waals surface area contributed by atoms with Gasteiger partial charge in [-0.25, -0.2) is 0 Å². The van der Waals surface area contributed by atoms with E-state index in [0.717, 1.165) is 29.9 Å². The van der Waals surface area contributed by atoms with Crippen molar-refractivity contribution in [1.82, 2.24) is 14.8 Å². The summed E-state index contributed by atoms with van der Waals surface area (Å²) in [6.07, 6.45) is 1.76. The highest BCUT2D eigenvalue weighted by molar-refractivity contribution is 8.01. The summed E-state index contributed by atoms with van der Waals surface area (Å²) in [5.74, 6) is 0.663. The highest BCUT2D eigenvalue weighted by Gasteiger charge is 2.15. The Morgan fingerprint density at radius 1 is 1.24 bits per heavy atom. The zero-order valence-corrected chi connectivity index (χ0v) is 20.1. The summed E-state index contributed by atoms with van der Waals surface area (Å²) in [7, 11) is 0. The Morgan fingerprint density at radius 3 is 2.73 bits per heavy atom. The van der Waals surface area contributed by atoms with E-state index in [1.165, 1.54) is 0 Å². The van der Waals surface area contributed by atoms with E-state index in [2.05, 4.69) is 15.2 Å². The van der Waals surface area contributed by atoms with Gasteiger partial charge in [0.05, 0.1) is 19.8 Å². The number of rotatable bonds is 10. The van der Waals surface area contributed by atoms with Gasteiger partial charge in [-0.3, -0.25) is 14.5 Å². The van der Waals surface area contributed by atoms with Crippen LogP contribution in [0.25, 0.3) is 5.70 Å². The summed E-state index contributed by atoms with van der Waals surface area (Å²) in [6.45, 7) is 8.53. The summed E-state index contributed by atoms with van der Waals surface area (Å²) in [4.78, 5) is 31.7. The molecule has 1 aliphatic rings. The van der Waals surface area contributed by atoms with Crippen LogP contribution in [0.2, 0.25) is 0 Å². The molecule has 0 spiro atoms. The quantitative estimate of drug-likeness (QED) is 0.492. The van der Waals surface area contributed by atoms with Crippen LogP contribution in [0.1, 0.15) is 35.5 Å². The van der Waals surface area contributed by atoms with Crippen molar-refractivity contribution in [2.45, 2.75) is 19.6 Å². The zero-order chi connectivity index (χ0) is 23.6. The third-order valence-electron chi connectivity index (χ3n) is 5.44. The lowest BCUT2D eigenvalue weighted by Gasteiger charge is -2.25. The van der Waals surface area contributed by atoms with Crippen LogP contribution >= 0.6 is 11.8 Å². The van der Waals surface area contributed by atoms with E-state index in [0.29, 0.717) is 50.0 Å². The molecular formula is C24H33N5O3S. The number of H-pyrrole nitrogens is 1. The topological polar surface area (TPSA) is 104 Å². The minimum absolute atomic E-state index is 0.0200. The Kier molecular flexibility index (Phi) is 9.41. The summed E-state index contributed by atoms with van der Waals surface area (Å²) in [5.41, 5.74) is 10.0. The Bertz CT molecular complexity index is 965. The number of carbonyl (C=O) groups is 2. The number of hydrogen-bond donors (Lipinski definition) is 3. The lowest BCUT2D eigenvalue weighted by molar-refractivity contribution is -0.118. The first-order chi connectivity index (χ1) is 16.0. The van der Waals surface area contributed by atoms with Crippen LogP contribution in [0.5, 0.6) is 0 Å². The first-order valence-corrected chi connectivity index (χ1v) is 12.3. The maximum atomic E-state index is 12.5. The third-order valence-corrected chi connectivity index (χ3v) is 6.36. The molecule has 2 aromatic rings. The SMILES string of the molecule is CCN(CC)C(=O)c1cc(/C(N)=C/SCc2cccc(NC(=O)CN3CCOCC3)c2)c[nH]1. The number of carbonyl (C=O) groups excluding carboxylic acids is 2. The van der Waals surface area contributed by atoms with E-state index in [4.69, 9.17) is 10.5 Å². The van der Waals surface area contributed by atoms with Gasteiger partial charge in [0.25, 0.3) is 5.91 Å². The summed E-state index contributed by atoms with van der Waals surface area (Å²) in [5, 5.41) is 4.86. The van der Waals surface area contributed by atoms with Gasteiger partial charge in [0.2, 0.25) is 5.91 Å². The smallest absolute Gasteiger partial charge is 0.270 e. The van der Waals surface area contributed by atoms with E-state index in [9.17, 15) is 9.59 Å². The molecule has 4 N–H and O–H groups in total. The van der Waals surface area contributed by atoms with Crippen molar-refractivity contribution in [3.63, 3.8) is 0 Å². The van der Waals surface area contributed by atoms with Gasteiger partial charge >= 0.3 is 0 Å². The monoisotopic (exact) mass is 471 g/mol. The molecule has 1 saturated heterocycles. The van der Waals surface area contributed by atoms with E-state index in [1.807, 2.05) is 43.5 Å². The molecule has 0 radical (unpaired) electrons. The molecule has 8 nitrogen and oxygen atoms in total. The average Bonchev–Trinajstić information content (AvgIpc) is 3.31. The molecule has 0 atom stereocenters. The molecule has 1 aliphatic heterocycles. The van der Waals surface area contributed by atoms with Gasteiger partial charge in [-0.1, -0.05) is 12.1 Å². The standard InChI is InChI=1S/C24H33N5O3S/c1-3-29(4-2)24(31)22-13-19(14-26-22)21(25)17-33-16-18-6-5-7-20(12-18)27-23(30)15-28-8-10-32-11-9-28/h5-7,12-14,17,26H,3-4,8-11,15-16,25H2,1-2H3,(H,27,30)/b21-17-. The number of ether oxygens (including phenoxy) is 1. The van der Waals surface area contributed by atoms with E-state index in [-0.39, 0.29) is 11.8 Å². The van der Waals surface area contributed by atoms with E-state index < -0.39 is 0 Å². The number of nitrogens with zero attached hydrogens (tertiary/aromatic N) is 2. The summed E-state index contributed by atoms with van der Waals surface area (Å²) in [6, 6.07) is 9.61. The minimum Gasteiger partial charge on any atom is -0.398 e. The maximum absolute atomic E-state index is 12.5. The fraction of sp³-hybridized carbons (Fsp3) is 0.417. The van der Waals surface area contributed by atoms with Crippen LogP contribution in [-0.2, 0) is 15.3 Å². The van der Waals surface area contributed by atoms with Gasteiger partial charge < -0.3 is 25.7 Å². The Balaban J connectivity index is 1.51. The molecule has 0 unspecified atom stereocenters. The molecule has 2 amide bonds. The number of aromatic nitrogens is 1. The van der Waals surface area contributed by atoms with Gasteiger partial charge in [-0.05, 0) is 43.0 Å². The molecule has 1 aromatic heterocycles. The molecule has 1 fully saturated rings. The van der Waals surface area contributed by atoms with Crippen molar-refractivity contribution in [3.8, 4) is 0 Å². The molecule has 0 bridgehead atoms. The maximum Gasteiger partial charge on any atom is 0.270 e. The lowest BCUT2D eigenvalue weighted by atomic mass is 10.2. The Morgan fingerprint density at radius 2 is 2.00 bits per heavy atom. The molecular weight excluding hydrogens is 438 g/mol. The Labute approximate surface area is 199 Å². The van der Waals surface area contributed by atoms with Gasteiger partial charge in [0.1, 0.15) is 5.69 Å². The van der Waals surface area contributed by atoms with Gasteiger partial charge in [0, 0.05) is 55.1 Å². The summed E-state index contributed by atoms with van der Waals surface area (Å²) >= 11 is 1.57. The largest absolute Gasteiger partial charge is 0.398 e. The van der Waals surface area contributed by atoms with Crippen molar-refractivity contribution in [2.24, 2.45) is 5.73 Å². The van der Waals surface area contributed by atoms with Crippen molar-refractivity contribution < 1.29 is 14.3 Å². The van der Waals surface area contributed by atoms with Gasteiger partial charge in [-0.15, -0.1) is 11.8 Å². The van der Waals surface area contributed by atoms with Crippen LogP contribution < -0.4 is 11.1 Å². The number of morpholine rings is 1. The number of hydrogen-bond acceptors (Lipinski definition) is 6. The van der Waals surface area contributed by atoms with Crippen molar-refractivity contribution >= 4 is 35.0 Å². The van der Waals surface area contributed by atoms with Crippen molar-refractivity contribution in [3.05, 3.63) is 58.8 Å². The first kappa shape index (κ1) is 24.9. The van der Waals surface area contributed by atoms with Crippen LogP contribution in [0.15, 0.2) is 41.9 Å². The van der Waals surface area contributed by atoms with Gasteiger partial charge in [0.15, 0.2) is 0 Å². The second-order valence-corrected chi connectivity index (χ2v) is 8.66. The third kappa shape index (κ3) is 7.38. The van der Waals surface area contributed by atoms with Gasteiger partial charge in [-0.2, -0.15) is 0 Å². The van der Waals surface area contributed by atoms with Crippen LogP contribution in [0.4, 0.5) is 5.69 Å². The number of benzene rings is 1. The van der Waals surface area contributed by atoms with Crippen molar-refractivity contribution in [2.75, 3.05) is 51.3 Å². The second-order valence-electron chi connectivity index (χ2n) is 7.80. The summed E-state index contributed by atoms with van der Waals surface area (Å²) < 4.78 is 5.32. The normalized spacial score (nSPS) is 14.8. The molecule has 0 saturated carbocycles. The number of amides is 2. The number of nitrogens with two attached hydrogens (primary N) is 1. The molecule has 33 heavy (non-hydrogen) atoms. The molecule has 1 aromatic carbocycles.